The summed E-state index contributed by atoms with van der Waals surface area (Å²) in [6.45, 7) is 5.88. The van der Waals surface area contributed by atoms with Gasteiger partial charge in [-0.15, -0.1) is 0 Å². The van der Waals surface area contributed by atoms with Crippen molar-refractivity contribution in [3.63, 3.8) is 0 Å². The number of hydrogen-bond donors (Lipinski definition) is 1. The van der Waals surface area contributed by atoms with Crippen molar-refractivity contribution in [2.45, 2.75) is 51.1 Å². The maximum Gasteiger partial charge on any atom is 0.264 e. The number of amides is 2. The van der Waals surface area contributed by atoms with Gasteiger partial charge in [-0.3, -0.25) is 13.9 Å². The lowest BCUT2D eigenvalue weighted by Gasteiger charge is -2.32. The van der Waals surface area contributed by atoms with Crippen LogP contribution in [-0.4, -0.2) is 44.3 Å². The van der Waals surface area contributed by atoms with Crippen molar-refractivity contribution in [2.75, 3.05) is 17.4 Å². The van der Waals surface area contributed by atoms with Gasteiger partial charge < -0.3 is 10.2 Å². The van der Waals surface area contributed by atoms with Crippen LogP contribution in [-0.2, 0) is 26.2 Å². The summed E-state index contributed by atoms with van der Waals surface area (Å²) in [5.74, 6) is -0.754. The van der Waals surface area contributed by atoms with Crippen LogP contribution < -0.4 is 9.62 Å². The number of unbranched alkanes of at least 4 members (excludes halogenated alkanes) is 1. The lowest BCUT2D eigenvalue weighted by Crippen LogP contribution is -2.51. The summed E-state index contributed by atoms with van der Waals surface area (Å²) >= 11 is 3.38. The zero-order valence-corrected chi connectivity index (χ0v) is 24.3. The zero-order valence-electron chi connectivity index (χ0n) is 21.9. The van der Waals surface area contributed by atoms with Crippen LogP contribution in [0, 0.1) is 6.92 Å². The second kappa shape index (κ2) is 13.6. The molecule has 202 valence electrons. The summed E-state index contributed by atoms with van der Waals surface area (Å²) in [4.78, 5) is 28.4. The van der Waals surface area contributed by atoms with E-state index in [0.29, 0.717) is 12.2 Å². The fourth-order valence-corrected chi connectivity index (χ4v) is 5.65. The quantitative estimate of drug-likeness (QED) is 0.287. The van der Waals surface area contributed by atoms with Gasteiger partial charge in [0, 0.05) is 17.6 Å². The average molecular weight is 601 g/mol. The van der Waals surface area contributed by atoms with E-state index in [9.17, 15) is 18.0 Å². The Balaban J connectivity index is 1.99. The Kier molecular flexibility index (Phi) is 10.5. The van der Waals surface area contributed by atoms with Gasteiger partial charge in [0.2, 0.25) is 11.8 Å². The molecule has 38 heavy (non-hydrogen) atoms. The third-order valence-corrected chi connectivity index (χ3v) is 8.64. The van der Waals surface area contributed by atoms with Gasteiger partial charge in [0.25, 0.3) is 10.0 Å². The molecule has 1 N–H and O–H groups in total. The molecule has 0 fully saturated rings. The number of sulfonamides is 1. The van der Waals surface area contributed by atoms with E-state index >= 15 is 0 Å². The number of hydrogen-bond acceptors (Lipinski definition) is 4. The normalized spacial score (nSPS) is 12.0. The number of halogens is 1. The van der Waals surface area contributed by atoms with E-state index in [1.165, 1.54) is 17.0 Å². The number of rotatable bonds is 12. The van der Waals surface area contributed by atoms with E-state index in [2.05, 4.69) is 21.2 Å². The highest BCUT2D eigenvalue weighted by Gasteiger charge is 2.32. The molecular weight excluding hydrogens is 566 g/mol. The molecule has 7 nitrogen and oxygen atoms in total. The van der Waals surface area contributed by atoms with Gasteiger partial charge >= 0.3 is 0 Å². The molecule has 0 aliphatic rings. The molecule has 0 radical (unpaired) electrons. The molecule has 2 amide bonds. The molecule has 0 aromatic heterocycles. The van der Waals surface area contributed by atoms with Gasteiger partial charge in [-0.05, 0) is 67.8 Å². The first-order valence-corrected chi connectivity index (χ1v) is 14.8. The molecule has 0 unspecified atom stereocenters. The van der Waals surface area contributed by atoms with Crippen molar-refractivity contribution < 1.29 is 18.0 Å². The van der Waals surface area contributed by atoms with Gasteiger partial charge in [-0.25, -0.2) is 8.42 Å². The molecule has 1 atom stereocenters. The second-order valence-corrected chi connectivity index (χ2v) is 11.8. The summed E-state index contributed by atoms with van der Waals surface area (Å²) in [6.07, 6.45) is 1.76. The maximum atomic E-state index is 13.9. The minimum Gasteiger partial charge on any atom is -0.354 e. The van der Waals surface area contributed by atoms with Crippen LogP contribution in [0.2, 0.25) is 0 Å². The lowest BCUT2D eigenvalue weighted by molar-refractivity contribution is -0.139. The van der Waals surface area contributed by atoms with Gasteiger partial charge in [0.1, 0.15) is 12.6 Å². The minimum atomic E-state index is -4.07. The topological polar surface area (TPSA) is 86.8 Å². The number of nitrogens with zero attached hydrogens (tertiary/aromatic N) is 2. The SMILES string of the molecule is CCCCNC(=O)[C@H](C)N(Cc1ccccc1C)C(=O)CN(c1ccc(Br)cc1)S(=O)(=O)c1ccccc1. The minimum absolute atomic E-state index is 0.0755. The average Bonchev–Trinajstić information content (AvgIpc) is 2.92. The fourth-order valence-electron chi connectivity index (χ4n) is 3.95. The Bertz CT molecular complexity index is 1330. The van der Waals surface area contributed by atoms with E-state index in [0.717, 1.165) is 32.7 Å². The van der Waals surface area contributed by atoms with Crippen LogP contribution in [0.4, 0.5) is 5.69 Å². The van der Waals surface area contributed by atoms with Crippen LogP contribution in [0.1, 0.15) is 37.8 Å². The second-order valence-electron chi connectivity index (χ2n) is 9.07. The Hall–Kier alpha value is -3.17. The van der Waals surface area contributed by atoms with Gasteiger partial charge in [0.05, 0.1) is 10.6 Å². The highest BCUT2D eigenvalue weighted by Crippen LogP contribution is 2.26. The number of carbonyl (C=O) groups is 2. The van der Waals surface area contributed by atoms with Crippen molar-refractivity contribution in [1.82, 2.24) is 10.2 Å². The monoisotopic (exact) mass is 599 g/mol. The summed E-state index contributed by atoms with van der Waals surface area (Å²) in [6, 6.07) is 21.6. The van der Waals surface area contributed by atoms with Gasteiger partial charge in [0.15, 0.2) is 0 Å². The fraction of sp³-hybridized carbons (Fsp3) is 0.310. The highest BCUT2D eigenvalue weighted by molar-refractivity contribution is 9.10. The summed E-state index contributed by atoms with van der Waals surface area (Å²) < 4.78 is 29.3. The predicted octanol–water partition coefficient (Wildman–Crippen LogP) is 5.29. The predicted molar refractivity (Wildman–Crippen MR) is 154 cm³/mol. The van der Waals surface area contributed by atoms with E-state index in [1.807, 2.05) is 38.1 Å². The van der Waals surface area contributed by atoms with Crippen LogP contribution in [0.5, 0.6) is 0 Å². The molecule has 0 saturated carbocycles. The van der Waals surface area contributed by atoms with Crippen molar-refractivity contribution in [2.24, 2.45) is 0 Å². The first-order chi connectivity index (χ1) is 18.1. The van der Waals surface area contributed by atoms with Crippen LogP contribution >= 0.6 is 15.9 Å². The molecule has 9 heteroatoms. The number of anilines is 1. The Morgan fingerprint density at radius 1 is 0.947 bits per heavy atom. The lowest BCUT2D eigenvalue weighted by atomic mass is 10.1. The first-order valence-electron chi connectivity index (χ1n) is 12.6. The number of nitrogens with one attached hydrogen (secondary N) is 1. The first kappa shape index (κ1) is 29.4. The van der Waals surface area contributed by atoms with Crippen molar-refractivity contribution in [3.05, 3.63) is 94.5 Å². The largest absolute Gasteiger partial charge is 0.354 e. The number of aryl methyl sites for hydroxylation is 1. The van der Waals surface area contributed by atoms with Crippen LogP contribution in [0.15, 0.2) is 88.2 Å². The third-order valence-electron chi connectivity index (χ3n) is 6.32. The molecule has 0 aliphatic carbocycles. The number of carbonyl (C=O) groups excluding carboxylic acids is 2. The Morgan fingerprint density at radius 3 is 2.21 bits per heavy atom. The maximum absolute atomic E-state index is 13.9. The molecule has 0 bridgehead atoms. The van der Waals surface area contributed by atoms with Gasteiger partial charge in [-0.2, -0.15) is 0 Å². The molecule has 3 rings (SSSR count). The molecule has 0 aliphatic heterocycles. The zero-order chi connectivity index (χ0) is 27.7. The standard InChI is InChI=1S/C29H34BrN3O4S/c1-4-5-19-31-29(35)23(3)32(20-24-12-10-9-11-22(24)2)28(34)21-33(26-17-15-25(30)16-18-26)38(36,37)27-13-7-6-8-14-27/h6-18,23H,4-5,19-21H2,1-3H3,(H,31,35)/t23-/m0/s1. The Labute approximate surface area is 234 Å². The summed E-state index contributed by atoms with van der Waals surface area (Å²) in [5, 5.41) is 2.90. The highest BCUT2D eigenvalue weighted by atomic mass is 79.9. The molecule has 3 aromatic carbocycles. The molecule has 0 heterocycles. The Morgan fingerprint density at radius 2 is 1.58 bits per heavy atom. The van der Waals surface area contributed by atoms with Crippen molar-refractivity contribution in [3.8, 4) is 0 Å². The summed E-state index contributed by atoms with van der Waals surface area (Å²) in [7, 11) is -4.07. The molecule has 3 aromatic rings. The van der Waals surface area contributed by atoms with Crippen LogP contribution in [0.25, 0.3) is 0 Å². The molecule has 0 saturated heterocycles. The van der Waals surface area contributed by atoms with E-state index < -0.39 is 28.5 Å². The van der Waals surface area contributed by atoms with Crippen LogP contribution in [0.3, 0.4) is 0 Å². The molecular formula is C29H34BrN3O4S. The van der Waals surface area contributed by atoms with Gasteiger partial charge in [-0.1, -0.05) is 71.7 Å². The number of benzene rings is 3. The third kappa shape index (κ3) is 7.45. The smallest absolute Gasteiger partial charge is 0.264 e. The summed E-state index contributed by atoms with van der Waals surface area (Å²) in [5.41, 5.74) is 2.21. The van der Waals surface area contributed by atoms with E-state index in [4.69, 9.17) is 0 Å². The van der Waals surface area contributed by atoms with E-state index in [-0.39, 0.29) is 17.3 Å². The van der Waals surface area contributed by atoms with Crippen molar-refractivity contribution in [1.29, 1.82) is 0 Å². The van der Waals surface area contributed by atoms with E-state index in [1.54, 1.807) is 49.4 Å². The molecule has 0 spiro atoms. The van der Waals surface area contributed by atoms with Crippen molar-refractivity contribution >= 4 is 43.5 Å².